The first-order valence-corrected chi connectivity index (χ1v) is 10.0. The predicted octanol–water partition coefficient (Wildman–Crippen LogP) is 3.83. The molecule has 0 unspecified atom stereocenters. The fourth-order valence-corrected chi connectivity index (χ4v) is 3.24. The number of halogens is 1. The average molecular weight is 447 g/mol. The van der Waals surface area contributed by atoms with E-state index in [1.54, 1.807) is 54.7 Å². The summed E-state index contributed by atoms with van der Waals surface area (Å²) in [5.74, 6) is -0.238. The van der Waals surface area contributed by atoms with Gasteiger partial charge >= 0.3 is 0 Å². The molecule has 2 amide bonds. The Labute approximate surface area is 188 Å². The molecule has 6 N–H and O–H groups in total. The first-order chi connectivity index (χ1) is 15.4. The van der Waals surface area contributed by atoms with E-state index in [0.717, 1.165) is 5.56 Å². The average Bonchev–Trinajstić information content (AvgIpc) is 2.79. The van der Waals surface area contributed by atoms with Gasteiger partial charge in [-0.15, -0.1) is 0 Å². The molecule has 4 rings (SSSR count). The van der Waals surface area contributed by atoms with Crippen LogP contribution in [0.1, 0.15) is 26.3 Å². The third-order valence-electron chi connectivity index (χ3n) is 4.78. The number of amides is 2. The number of carbonyl (C=O) groups excluding carboxylic acids is 2. The van der Waals surface area contributed by atoms with Crippen LogP contribution in [0.5, 0.6) is 0 Å². The van der Waals surface area contributed by atoms with Gasteiger partial charge in [0.15, 0.2) is 0 Å². The number of fused-ring (bicyclic) bond motifs is 1. The largest absolute Gasteiger partial charge is 0.397 e. The van der Waals surface area contributed by atoms with Gasteiger partial charge in [0, 0.05) is 22.7 Å². The van der Waals surface area contributed by atoms with Crippen molar-refractivity contribution in [2.24, 2.45) is 5.73 Å². The number of anilines is 3. The molecule has 0 atom stereocenters. The number of benzene rings is 3. The molecular formula is C23H19ClN6O2. The first kappa shape index (κ1) is 21.1. The molecule has 32 heavy (non-hydrogen) atoms. The second kappa shape index (κ2) is 8.91. The second-order valence-corrected chi connectivity index (χ2v) is 7.50. The van der Waals surface area contributed by atoms with E-state index in [0.29, 0.717) is 50.9 Å². The Bertz CT molecular complexity index is 1320. The highest BCUT2D eigenvalue weighted by Crippen LogP contribution is 2.23. The number of hydrogen-bond donors (Lipinski definition) is 4. The van der Waals surface area contributed by atoms with Crippen molar-refractivity contribution in [1.82, 2.24) is 9.97 Å². The van der Waals surface area contributed by atoms with Crippen LogP contribution < -0.4 is 22.1 Å². The predicted molar refractivity (Wildman–Crippen MR) is 126 cm³/mol. The molecular weight excluding hydrogens is 428 g/mol. The molecule has 0 saturated heterocycles. The van der Waals surface area contributed by atoms with Crippen LogP contribution in [0.4, 0.5) is 17.2 Å². The molecule has 1 aromatic heterocycles. The van der Waals surface area contributed by atoms with Crippen molar-refractivity contribution in [3.63, 3.8) is 0 Å². The molecule has 4 aromatic rings. The van der Waals surface area contributed by atoms with Crippen LogP contribution in [-0.2, 0) is 6.54 Å². The number of rotatable bonds is 6. The van der Waals surface area contributed by atoms with Gasteiger partial charge < -0.3 is 22.1 Å². The molecule has 9 heteroatoms. The minimum atomic E-state index is -0.519. The summed E-state index contributed by atoms with van der Waals surface area (Å²) in [6.07, 6.45) is 1.62. The van der Waals surface area contributed by atoms with Crippen molar-refractivity contribution in [1.29, 1.82) is 0 Å². The van der Waals surface area contributed by atoms with Crippen molar-refractivity contribution in [3.05, 3.63) is 88.6 Å². The monoisotopic (exact) mass is 446 g/mol. The van der Waals surface area contributed by atoms with Crippen molar-refractivity contribution in [2.75, 3.05) is 16.4 Å². The van der Waals surface area contributed by atoms with E-state index in [9.17, 15) is 9.59 Å². The number of nitrogen functional groups attached to an aromatic ring is 1. The normalized spacial score (nSPS) is 10.7. The van der Waals surface area contributed by atoms with Gasteiger partial charge in [-0.2, -0.15) is 0 Å². The highest BCUT2D eigenvalue weighted by atomic mass is 35.5. The lowest BCUT2D eigenvalue weighted by atomic mass is 10.1. The molecule has 0 spiro atoms. The van der Waals surface area contributed by atoms with Crippen LogP contribution in [-0.4, -0.2) is 21.8 Å². The fourth-order valence-electron chi connectivity index (χ4n) is 3.06. The summed E-state index contributed by atoms with van der Waals surface area (Å²) in [6.45, 7) is 0.474. The van der Waals surface area contributed by atoms with Gasteiger partial charge in [-0.3, -0.25) is 14.6 Å². The SMILES string of the molecule is NC(=O)c1ccc2ncc(NCc3ccc(C(=O)Nc4ccc(Cl)cc4N)cc3)nc2c1. The third kappa shape index (κ3) is 4.76. The van der Waals surface area contributed by atoms with E-state index < -0.39 is 5.91 Å². The second-order valence-electron chi connectivity index (χ2n) is 7.06. The molecule has 8 nitrogen and oxygen atoms in total. The highest BCUT2D eigenvalue weighted by molar-refractivity contribution is 6.31. The van der Waals surface area contributed by atoms with E-state index in [1.165, 1.54) is 0 Å². The summed E-state index contributed by atoms with van der Waals surface area (Å²) in [7, 11) is 0. The standard InChI is InChI=1S/C23H19ClN6O2/c24-16-6-8-18(17(25)10-16)30-23(32)14-3-1-13(2-4-14)11-28-21-12-27-19-7-5-15(22(26)31)9-20(19)29-21/h1-10,12H,11,25H2,(H2,26,31)(H,28,29)(H,30,32). The van der Waals surface area contributed by atoms with Crippen LogP contribution in [0.15, 0.2) is 66.9 Å². The summed E-state index contributed by atoms with van der Waals surface area (Å²) in [6, 6.07) is 17.0. The number of nitrogens with two attached hydrogens (primary N) is 2. The number of nitrogens with one attached hydrogen (secondary N) is 2. The van der Waals surface area contributed by atoms with Gasteiger partial charge in [-0.25, -0.2) is 4.98 Å². The van der Waals surface area contributed by atoms with Gasteiger partial charge in [-0.05, 0) is 54.1 Å². The summed E-state index contributed by atoms with van der Waals surface area (Å²) >= 11 is 5.88. The van der Waals surface area contributed by atoms with Gasteiger partial charge in [-0.1, -0.05) is 23.7 Å². The Hall–Kier alpha value is -4.17. The summed E-state index contributed by atoms with van der Waals surface area (Å²) in [5.41, 5.74) is 15.1. The van der Waals surface area contributed by atoms with Gasteiger partial charge in [0.1, 0.15) is 5.82 Å². The number of aromatic nitrogens is 2. The van der Waals surface area contributed by atoms with Gasteiger partial charge in [0.2, 0.25) is 5.91 Å². The molecule has 1 heterocycles. The van der Waals surface area contributed by atoms with Crippen LogP contribution in [0, 0.1) is 0 Å². The quantitative estimate of drug-likeness (QED) is 0.332. The number of primary amides is 1. The lowest BCUT2D eigenvalue weighted by Crippen LogP contribution is -2.13. The van der Waals surface area contributed by atoms with Crippen LogP contribution in [0.25, 0.3) is 11.0 Å². The Balaban J connectivity index is 1.41. The van der Waals surface area contributed by atoms with Crippen LogP contribution in [0.3, 0.4) is 0 Å². The first-order valence-electron chi connectivity index (χ1n) is 9.65. The minimum absolute atomic E-state index is 0.274. The van der Waals surface area contributed by atoms with E-state index in [4.69, 9.17) is 23.1 Å². The maximum absolute atomic E-state index is 12.5. The molecule has 0 aliphatic heterocycles. The number of hydrogen-bond acceptors (Lipinski definition) is 6. The summed E-state index contributed by atoms with van der Waals surface area (Å²) < 4.78 is 0. The number of nitrogens with zero attached hydrogens (tertiary/aromatic N) is 2. The topological polar surface area (TPSA) is 136 Å². The van der Waals surface area contributed by atoms with Crippen LogP contribution in [0.2, 0.25) is 5.02 Å². The van der Waals surface area contributed by atoms with Crippen molar-refractivity contribution < 1.29 is 9.59 Å². The number of carbonyl (C=O) groups is 2. The Morgan fingerprint density at radius 1 is 0.938 bits per heavy atom. The Kier molecular flexibility index (Phi) is 5.87. The smallest absolute Gasteiger partial charge is 0.255 e. The molecule has 0 bridgehead atoms. The Morgan fingerprint density at radius 2 is 1.69 bits per heavy atom. The van der Waals surface area contributed by atoms with Crippen molar-refractivity contribution in [2.45, 2.75) is 6.54 Å². The highest BCUT2D eigenvalue weighted by Gasteiger charge is 2.09. The molecule has 3 aromatic carbocycles. The van der Waals surface area contributed by atoms with Crippen molar-refractivity contribution in [3.8, 4) is 0 Å². The van der Waals surface area contributed by atoms with E-state index >= 15 is 0 Å². The summed E-state index contributed by atoms with van der Waals surface area (Å²) in [5, 5.41) is 6.46. The van der Waals surface area contributed by atoms with E-state index in [1.807, 2.05) is 12.1 Å². The zero-order valence-corrected chi connectivity index (χ0v) is 17.6. The minimum Gasteiger partial charge on any atom is -0.397 e. The lowest BCUT2D eigenvalue weighted by Gasteiger charge is -2.10. The van der Waals surface area contributed by atoms with E-state index in [2.05, 4.69) is 20.6 Å². The summed E-state index contributed by atoms with van der Waals surface area (Å²) in [4.78, 5) is 32.7. The zero-order valence-electron chi connectivity index (χ0n) is 16.8. The van der Waals surface area contributed by atoms with Gasteiger partial charge in [0.05, 0.1) is 28.6 Å². The molecule has 0 aliphatic rings. The maximum Gasteiger partial charge on any atom is 0.255 e. The fraction of sp³-hybridized carbons (Fsp3) is 0.0435. The van der Waals surface area contributed by atoms with Crippen LogP contribution >= 0.6 is 11.6 Å². The molecule has 160 valence electrons. The van der Waals surface area contributed by atoms with E-state index in [-0.39, 0.29) is 5.91 Å². The molecule has 0 fully saturated rings. The lowest BCUT2D eigenvalue weighted by molar-refractivity contribution is 0.0997. The third-order valence-corrected chi connectivity index (χ3v) is 5.01. The Morgan fingerprint density at radius 3 is 2.41 bits per heavy atom. The molecule has 0 radical (unpaired) electrons. The van der Waals surface area contributed by atoms with Gasteiger partial charge in [0.25, 0.3) is 5.91 Å². The molecule has 0 saturated carbocycles. The zero-order chi connectivity index (χ0) is 22.7. The molecule has 0 aliphatic carbocycles. The maximum atomic E-state index is 12.5. The van der Waals surface area contributed by atoms with Crippen molar-refractivity contribution >= 4 is 51.6 Å².